The highest BCUT2D eigenvalue weighted by atomic mass is 16.2. The predicted molar refractivity (Wildman–Crippen MR) is 124 cm³/mol. The van der Waals surface area contributed by atoms with Gasteiger partial charge in [0.15, 0.2) is 0 Å². The number of fused-ring (bicyclic) bond motifs is 1. The molecule has 6 heteroatoms. The van der Waals surface area contributed by atoms with Crippen LogP contribution in [0.1, 0.15) is 49.7 Å². The summed E-state index contributed by atoms with van der Waals surface area (Å²) in [5.41, 5.74) is 3.21. The summed E-state index contributed by atoms with van der Waals surface area (Å²) in [4.78, 5) is 32.2. The average Bonchev–Trinajstić information content (AvgIpc) is 2.78. The Kier molecular flexibility index (Phi) is 7.28. The molecule has 1 N–H and O–H groups in total. The van der Waals surface area contributed by atoms with Gasteiger partial charge in [0.25, 0.3) is 0 Å². The van der Waals surface area contributed by atoms with Crippen LogP contribution in [0.25, 0.3) is 0 Å². The zero-order valence-corrected chi connectivity index (χ0v) is 19.2. The number of hydrogen-bond donors (Lipinski definition) is 1. The molecule has 0 aromatic heterocycles. The van der Waals surface area contributed by atoms with Crippen LogP contribution in [0.15, 0.2) is 18.2 Å². The van der Waals surface area contributed by atoms with E-state index in [4.69, 9.17) is 0 Å². The summed E-state index contributed by atoms with van der Waals surface area (Å²) in [6, 6.07) is 6.49. The Morgan fingerprint density at radius 2 is 1.58 bits per heavy atom. The topological polar surface area (TPSA) is 55.9 Å². The zero-order valence-electron chi connectivity index (χ0n) is 19.2. The van der Waals surface area contributed by atoms with Crippen LogP contribution in [-0.2, 0) is 9.59 Å². The van der Waals surface area contributed by atoms with Gasteiger partial charge in [-0.1, -0.05) is 25.0 Å². The predicted octanol–water partition coefficient (Wildman–Crippen LogP) is 3.04. The lowest BCUT2D eigenvalue weighted by Gasteiger charge is -2.45. The highest BCUT2D eigenvalue weighted by molar-refractivity contribution is 5.93. The summed E-state index contributed by atoms with van der Waals surface area (Å²) in [6.45, 7) is 9.35. The SMILES string of the molecule is Cc1cccc(NC(=O)CN2CCN(CC(=O)N3CCC[C@@H]4CCCC[C@H]43)CC2)c1C. The quantitative estimate of drug-likeness (QED) is 0.786. The second-order valence-corrected chi connectivity index (χ2v) is 9.69. The fourth-order valence-corrected chi connectivity index (χ4v) is 5.60. The molecule has 0 radical (unpaired) electrons. The fraction of sp³-hybridized carbons (Fsp3) is 0.680. The van der Waals surface area contributed by atoms with Gasteiger partial charge in [-0.15, -0.1) is 0 Å². The number of nitrogens with one attached hydrogen (secondary N) is 1. The second-order valence-electron chi connectivity index (χ2n) is 9.69. The van der Waals surface area contributed by atoms with E-state index in [9.17, 15) is 9.59 Å². The van der Waals surface area contributed by atoms with Crippen LogP contribution in [-0.4, -0.2) is 78.4 Å². The van der Waals surface area contributed by atoms with Crippen LogP contribution in [0.5, 0.6) is 0 Å². The van der Waals surface area contributed by atoms with Gasteiger partial charge in [-0.25, -0.2) is 0 Å². The van der Waals surface area contributed by atoms with Crippen molar-refractivity contribution in [3.05, 3.63) is 29.3 Å². The molecule has 1 saturated carbocycles. The lowest BCUT2D eigenvalue weighted by molar-refractivity contribution is -0.139. The number of likely N-dealkylation sites (tertiary alicyclic amines) is 1. The van der Waals surface area contributed by atoms with E-state index in [-0.39, 0.29) is 5.91 Å². The van der Waals surface area contributed by atoms with Crippen molar-refractivity contribution in [3.63, 3.8) is 0 Å². The van der Waals surface area contributed by atoms with Gasteiger partial charge in [-0.3, -0.25) is 19.4 Å². The molecule has 2 amide bonds. The molecule has 2 aliphatic heterocycles. The van der Waals surface area contributed by atoms with Crippen molar-refractivity contribution in [3.8, 4) is 0 Å². The molecule has 2 atom stereocenters. The lowest BCUT2D eigenvalue weighted by atomic mass is 9.78. The number of rotatable bonds is 5. The van der Waals surface area contributed by atoms with E-state index in [1.165, 1.54) is 37.7 Å². The number of amides is 2. The van der Waals surface area contributed by atoms with Gasteiger partial charge in [0.2, 0.25) is 11.8 Å². The molecule has 2 saturated heterocycles. The molecule has 3 aliphatic rings. The molecule has 3 fully saturated rings. The molecule has 1 aromatic carbocycles. The maximum absolute atomic E-state index is 13.0. The van der Waals surface area contributed by atoms with E-state index in [1.807, 2.05) is 19.1 Å². The minimum absolute atomic E-state index is 0.0369. The van der Waals surface area contributed by atoms with E-state index >= 15 is 0 Å². The standard InChI is InChI=1S/C25H38N4O2/c1-19-7-5-10-22(20(19)2)26-24(30)17-27-13-15-28(16-14-27)18-25(31)29-12-6-9-21-8-3-4-11-23(21)29/h5,7,10,21,23H,3-4,6,8-9,11-18H2,1-2H3,(H,26,30)/t21-,23+/m0/s1. The highest BCUT2D eigenvalue weighted by Crippen LogP contribution is 2.35. The van der Waals surface area contributed by atoms with E-state index < -0.39 is 0 Å². The van der Waals surface area contributed by atoms with Crippen molar-refractivity contribution in [1.82, 2.24) is 14.7 Å². The van der Waals surface area contributed by atoms with Crippen LogP contribution in [0.4, 0.5) is 5.69 Å². The van der Waals surface area contributed by atoms with E-state index in [1.54, 1.807) is 0 Å². The Labute approximate surface area is 187 Å². The van der Waals surface area contributed by atoms with Gasteiger partial charge >= 0.3 is 0 Å². The molecule has 170 valence electrons. The van der Waals surface area contributed by atoms with Gasteiger partial charge in [-0.2, -0.15) is 0 Å². The summed E-state index contributed by atoms with van der Waals surface area (Å²) in [6.07, 6.45) is 7.57. The van der Waals surface area contributed by atoms with Crippen molar-refractivity contribution in [1.29, 1.82) is 0 Å². The first-order valence-corrected chi connectivity index (χ1v) is 12.1. The Morgan fingerprint density at radius 3 is 2.35 bits per heavy atom. The number of carbonyl (C=O) groups excluding carboxylic acids is 2. The summed E-state index contributed by atoms with van der Waals surface area (Å²) in [5.74, 6) is 1.09. The maximum atomic E-state index is 13.0. The van der Waals surface area contributed by atoms with E-state index in [0.717, 1.165) is 56.3 Å². The van der Waals surface area contributed by atoms with Crippen molar-refractivity contribution < 1.29 is 9.59 Å². The van der Waals surface area contributed by atoms with Gasteiger partial charge in [0.1, 0.15) is 0 Å². The van der Waals surface area contributed by atoms with Crippen LogP contribution in [0.2, 0.25) is 0 Å². The molecule has 4 rings (SSSR count). The first-order valence-electron chi connectivity index (χ1n) is 12.1. The zero-order chi connectivity index (χ0) is 21.8. The molecule has 31 heavy (non-hydrogen) atoms. The van der Waals surface area contributed by atoms with Crippen molar-refractivity contribution in [2.75, 3.05) is 51.1 Å². The van der Waals surface area contributed by atoms with Crippen molar-refractivity contribution >= 4 is 17.5 Å². The Morgan fingerprint density at radius 1 is 0.903 bits per heavy atom. The minimum Gasteiger partial charge on any atom is -0.338 e. The van der Waals surface area contributed by atoms with Crippen LogP contribution >= 0.6 is 0 Å². The van der Waals surface area contributed by atoms with Crippen LogP contribution in [0.3, 0.4) is 0 Å². The third kappa shape index (κ3) is 5.47. The first-order chi connectivity index (χ1) is 15.0. The monoisotopic (exact) mass is 426 g/mol. The Balaban J connectivity index is 1.22. The average molecular weight is 427 g/mol. The molecule has 0 bridgehead atoms. The number of benzene rings is 1. The normalized spacial score (nSPS) is 25.2. The first kappa shape index (κ1) is 22.3. The number of aryl methyl sites for hydroxylation is 1. The lowest BCUT2D eigenvalue weighted by Crippen LogP contribution is -2.55. The third-order valence-corrected chi connectivity index (χ3v) is 7.63. The van der Waals surface area contributed by atoms with Crippen LogP contribution in [0, 0.1) is 19.8 Å². The minimum atomic E-state index is 0.0369. The number of nitrogens with zero attached hydrogens (tertiary/aromatic N) is 3. The molecular formula is C25H38N4O2. The second kappa shape index (κ2) is 10.1. The molecule has 6 nitrogen and oxygen atoms in total. The summed E-state index contributed by atoms with van der Waals surface area (Å²) in [5, 5.41) is 3.06. The summed E-state index contributed by atoms with van der Waals surface area (Å²) >= 11 is 0. The Hall–Kier alpha value is -1.92. The number of piperidine rings is 1. The van der Waals surface area contributed by atoms with E-state index in [0.29, 0.717) is 25.0 Å². The molecule has 0 spiro atoms. The van der Waals surface area contributed by atoms with Crippen molar-refractivity contribution in [2.24, 2.45) is 5.92 Å². The maximum Gasteiger partial charge on any atom is 0.238 e. The highest BCUT2D eigenvalue weighted by Gasteiger charge is 2.36. The number of carbonyl (C=O) groups is 2. The molecule has 2 heterocycles. The van der Waals surface area contributed by atoms with Crippen LogP contribution < -0.4 is 5.32 Å². The smallest absolute Gasteiger partial charge is 0.238 e. The van der Waals surface area contributed by atoms with Gasteiger partial charge in [0, 0.05) is 44.5 Å². The largest absolute Gasteiger partial charge is 0.338 e. The fourth-order valence-electron chi connectivity index (χ4n) is 5.60. The van der Waals surface area contributed by atoms with E-state index in [2.05, 4.69) is 33.0 Å². The third-order valence-electron chi connectivity index (χ3n) is 7.63. The number of piperazine rings is 1. The summed E-state index contributed by atoms with van der Waals surface area (Å²) < 4.78 is 0. The molecule has 0 unspecified atom stereocenters. The van der Waals surface area contributed by atoms with Gasteiger partial charge < -0.3 is 10.2 Å². The summed E-state index contributed by atoms with van der Waals surface area (Å²) in [7, 11) is 0. The number of hydrogen-bond acceptors (Lipinski definition) is 4. The van der Waals surface area contributed by atoms with Crippen molar-refractivity contribution in [2.45, 2.75) is 58.4 Å². The Bertz CT molecular complexity index is 786. The number of anilines is 1. The molecular weight excluding hydrogens is 388 g/mol. The van der Waals surface area contributed by atoms with Gasteiger partial charge in [0.05, 0.1) is 13.1 Å². The molecule has 1 aromatic rings. The molecule has 1 aliphatic carbocycles. The van der Waals surface area contributed by atoms with Gasteiger partial charge in [-0.05, 0) is 62.6 Å².